The standard InChI is InChI=1S/C15H14O4/c1-7-4-5-10(18-3)12-11(7)15-9(6-8(2)19-15)13(16)14(12)17/h4-5,8H,6H2,1-3H3. The number of hydrogen-bond acceptors (Lipinski definition) is 4. The SMILES string of the molecule is COc1ccc(C)c2c1C(=O)C(=O)C1=C2OC(C)C1. The molecule has 0 amide bonds. The van der Waals surface area contributed by atoms with Gasteiger partial charge < -0.3 is 9.47 Å². The predicted molar refractivity (Wildman–Crippen MR) is 69.2 cm³/mol. The largest absolute Gasteiger partial charge is 0.496 e. The molecule has 1 aliphatic heterocycles. The highest BCUT2D eigenvalue weighted by Crippen LogP contribution is 2.43. The van der Waals surface area contributed by atoms with Crippen LogP contribution in [0, 0.1) is 6.92 Å². The highest BCUT2D eigenvalue weighted by atomic mass is 16.5. The molecule has 0 fully saturated rings. The second kappa shape index (κ2) is 3.95. The van der Waals surface area contributed by atoms with E-state index in [-0.39, 0.29) is 6.10 Å². The fourth-order valence-corrected chi connectivity index (χ4v) is 2.73. The Kier molecular flexibility index (Phi) is 2.49. The number of aryl methyl sites for hydroxylation is 1. The van der Waals surface area contributed by atoms with Crippen molar-refractivity contribution >= 4 is 17.3 Å². The van der Waals surface area contributed by atoms with Gasteiger partial charge >= 0.3 is 0 Å². The van der Waals surface area contributed by atoms with E-state index >= 15 is 0 Å². The molecule has 1 aliphatic carbocycles. The van der Waals surface area contributed by atoms with E-state index in [1.165, 1.54) is 7.11 Å². The minimum absolute atomic E-state index is 0.0710. The van der Waals surface area contributed by atoms with Crippen molar-refractivity contribution in [2.45, 2.75) is 26.4 Å². The summed E-state index contributed by atoms with van der Waals surface area (Å²) in [6.45, 7) is 3.80. The summed E-state index contributed by atoms with van der Waals surface area (Å²) in [4.78, 5) is 24.4. The Morgan fingerprint density at radius 2 is 1.95 bits per heavy atom. The lowest BCUT2D eigenvalue weighted by atomic mass is 9.85. The van der Waals surface area contributed by atoms with Crippen molar-refractivity contribution in [3.8, 4) is 5.75 Å². The van der Waals surface area contributed by atoms with Crippen LogP contribution in [0.3, 0.4) is 0 Å². The topological polar surface area (TPSA) is 52.6 Å². The molecule has 0 radical (unpaired) electrons. The van der Waals surface area contributed by atoms with E-state index in [0.717, 1.165) is 5.56 Å². The van der Waals surface area contributed by atoms with E-state index in [1.807, 2.05) is 19.9 Å². The van der Waals surface area contributed by atoms with Crippen LogP contribution in [-0.2, 0) is 9.53 Å². The first-order chi connectivity index (χ1) is 9.04. The number of methoxy groups -OCH3 is 1. The lowest BCUT2D eigenvalue weighted by Crippen LogP contribution is -2.24. The molecule has 0 aromatic heterocycles. The Hall–Kier alpha value is -2.10. The van der Waals surface area contributed by atoms with Gasteiger partial charge in [0.05, 0.1) is 12.7 Å². The summed E-state index contributed by atoms with van der Waals surface area (Å²) in [5.41, 5.74) is 2.46. The first kappa shape index (κ1) is 12.0. The van der Waals surface area contributed by atoms with Gasteiger partial charge in [-0.15, -0.1) is 0 Å². The molecule has 3 rings (SSSR count). The molecule has 98 valence electrons. The first-order valence-electron chi connectivity index (χ1n) is 6.21. The number of benzene rings is 1. The van der Waals surface area contributed by atoms with Crippen molar-refractivity contribution in [3.63, 3.8) is 0 Å². The molecule has 0 spiro atoms. The molecule has 1 aromatic rings. The van der Waals surface area contributed by atoms with E-state index in [1.54, 1.807) is 6.07 Å². The number of ether oxygens (including phenoxy) is 2. The van der Waals surface area contributed by atoms with Crippen LogP contribution in [0.5, 0.6) is 5.75 Å². The van der Waals surface area contributed by atoms with Crippen LogP contribution < -0.4 is 4.74 Å². The molecule has 1 heterocycles. The summed E-state index contributed by atoms with van der Waals surface area (Å²) in [5, 5.41) is 0. The lowest BCUT2D eigenvalue weighted by molar-refractivity contribution is -0.112. The van der Waals surface area contributed by atoms with Crippen LogP contribution in [0.2, 0.25) is 0 Å². The minimum Gasteiger partial charge on any atom is -0.496 e. The number of hydrogen-bond donors (Lipinski definition) is 0. The molecule has 4 nitrogen and oxygen atoms in total. The maximum atomic E-state index is 12.3. The molecule has 0 saturated carbocycles. The van der Waals surface area contributed by atoms with Gasteiger partial charge in [0.2, 0.25) is 11.6 Å². The molecule has 0 bridgehead atoms. The maximum absolute atomic E-state index is 12.3. The average molecular weight is 258 g/mol. The molecular formula is C15H14O4. The van der Waals surface area contributed by atoms with Gasteiger partial charge in [-0.3, -0.25) is 9.59 Å². The number of fused-ring (bicyclic) bond motifs is 2. The number of carbonyl (C=O) groups is 2. The summed E-state index contributed by atoms with van der Waals surface area (Å²) < 4.78 is 11.0. The fraction of sp³-hybridized carbons (Fsp3) is 0.333. The average Bonchev–Trinajstić information content (AvgIpc) is 2.77. The van der Waals surface area contributed by atoms with Crippen molar-refractivity contribution in [2.75, 3.05) is 7.11 Å². The van der Waals surface area contributed by atoms with Gasteiger partial charge in [0, 0.05) is 17.6 Å². The summed E-state index contributed by atoms with van der Waals surface area (Å²) >= 11 is 0. The van der Waals surface area contributed by atoms with Crippen molar-refractivity contribution < 1.29 is 19.1 Å². The van der Waals surface area contributed by atoms with Gasteiger partial charge in [0.25, 0.3) is 0 Å². The molecule has 0 N–H and O–H groups in total. The Morgan fingerprint density at radius 3 is 2.63 bits per heavy atom. The Bertz CT molecular complexity index is 640. The first-order valence-corrected chi connectivity index (χ1v) is 6.21. The third kappa shape index (κ3) is 1.52. The van der Waals surface area contributed by atoms with Crippen LogP contribution in [0.15, 0.2) is 17.7 Å². The summed E-state index contributed by atoms with van der Waals surface area (Å²) in [6, 6.07) is 3.58. The molecule has 19 heavy (non-hydrogen) atoms. The van der Waals surface area contributed by atoms with E-state index in [4.69, 9.17) is 9.47 Å². The van der Waals surface area contributed by atoms with Crippen molar-refractivity contribution in [1.29, 1.82) is 0 Å². The second-order valence-electron chi connectivity index (χ2n) is 4.93. The zero-order valence-electron chi connectivity index (χ0n) is 11.1. The summed E-state index contributed by atoms with van der Waals surface area (Å²) in [7, 11) is 1.49. The lowest BCUT2D eigenvalue weighted by Gasteiger charge is -2.20. The van der Waals surface area contributed by atoms with E-state index in [2.05, 4.69) is 0 Å². The monoisotopic (exact) mass is 258 g/mol. The van der Waals surface area contributed by atoms with Crippen LogP contribution in [0.25, 0.3) is 5.76 Å². The van der Waals surface area contributed by atoms with Gasteiger partial charge in [0.1, 0.15) is 17.6 Å². The Labute approximate surface area is 111 Å². The van der Waals surface area contributed by atoms with Crippen molar-refractivity contribution in [1.82, 2.24) is 0 Å². The number of Topliss-reactive ketones (excluding diaryl/α,β-unsaturated/α-hetero) is 2. The van der Waals surface area contributed by atoms with Crippen LogP contribution in [0.1, 0.15) is 34.8 Å². The van der Waals surface area contributed by atoms with Crippen LogP contribution in [-0.4, -0.2) is 24.8 Å². The Balaban J connectivity index is 2.34. The molecule has 2 aliphatic rings. The van der Waals surface area contributed by atoms with Gasteiger partial charge in [-0.25, -0.2) is 0 Å². The zero-order valence-corrected chi connectivity index (χ0v) is 11.1. The van der Waals surface area contributed by atoms with Gasteiger partial charge in [-0.1, -0.05) is 6.07 Å². The summed E-state index contributed by atoms with van der Waals surface area (Å²) in [6.07, 6.45) is 0.425. The van der Waals surface area contributed by atoms with Gasteiger partial charge in [-0.2, -0.15) is 0 Å². The van der Waals surface area contributed by atoms with E-state index in [0.29, 0.717) is 34.6 Å². The van der Waals surface area contributed by atoms with Crippen molar-refractivity contribution in [3.05, 3.63) is 34.4 Å². The number of rotatable bonds is 1. The fourth-order valence-electron chi connectivity index (χ4n) is 2.73. The van der Waals surface area contributed by atoms with E-state index in [9.17, 15) is 9.59 Å². The quantitative estimate of drug-likeness (QED) is 0.725. The van der Waals surface area contributed by atoms with Crippen LogP contribution >= 0.6 is 0 Å². The smallest absolute Gasteiger partial charge is 0.237 e. The van der Waals surface area contributed by atoms with Crippen molar-refractivity contribution in [2.24, 2.45) is 0 Å². The molecule has 1 unspecified atom stereocenters. The summed E-state index contributed by atoms with van der Waals surface area (Å²) in [5.74, 6) is 0.0277. The maximum Gasteiger partial charge on any atom is 0.237 e. The second-order valence-corrected chi connectivity index (χ2v) is 4.93. The van der Waals surface area contributed by atoms with Crippen LogP contribution in [0.4, 0.5) is 0 Å². The molecule has 0 saturated heterocycles. The number of carbonyl (C=O) groups excluding carboxylic acids is 2. The molecular weight excluding hydrogens is 244 g/mol. The highest BCUT2D eigenvalue weighted by Gasteiger charge is 2.41. The Morgan fingerprint density at radius 1 is 1.21 bits per heavy atom. The molecule has 4 heteroatoms. The van der Waals surface area contributed by atoms with Gasteiger partial charge in [0.15, 0.2) is 0 Å². The normalized spacial score (nSPS) is 21.1. The third-order valence-electron chi connectivity index (χ3n) is 3.61. The minimum atomic E-state index is -0.494. The predicted octanol–water partition coefficient (Wildman–Crippen LogP) is 2.29. The zero-order chi connectivity index (χ0) is 13.7. The van der Waals surface area contributed by atoms with E-state index < -0.39 is 11.6 Å². The van der Waals surface area contributed by atoms with Gasteiger partial charge in [-0.05, 0) is 25.5 Å². The number of ketones is 2. The molecule has 1 atom stereocenters. The highest BCUT2D eigenvalue weighted by molar-refractivity contribution is 6.53. The molecule has 1 aromatic carbocycles. The third-order valence-corrected chi connectivity index (χ3v) is 3.61.